The second-order valence-corrected chi connectivity index (χ2v) is 5.77. The van der Waals surface area contributed by atoms with Crippen LogP contribution >= 0.6 is 0 Å². The van der Waals surface area contributed by atoms with Gasteiger partial charge in [0.25, 0.3) is 0 Å². The highest BCUT2D eigenvalue weighted by molar-refractivity contribution is 5.83. The number of aliphatic carboxylic acids is 1. The predicted molar refractivity (Wildman–Crippen MR) is 82.1 cm³/mol. The number of fused-ring (bicyclic) bond motifs is 1. The number of hydrogen-bond donors (Lipinski definition) is 4. The highest BCUT2D eigenvalue weighted by atomic mass is 16.4. The number of benzene rings is 1. The maximum absolute atomic E-state index is 11.1. The van der Waals surface area contributed by atoms with Gasteiger partial charge in [-0.2, -0.15) is 0 Å². The topological polar surface area (TPSA) is 99.3 Å². The number of para-hydroxylation sites is 1. The van der Waals surface area contributed by atoms with E-state index in [0.29, 0.717) is 6.42 Å². The molecule has 5 nitrogen and oxygen atoms in total. The van der Waals surface area contributed by atoms with Gasteiger partial charge in [0, 0.05) is 17.1 Å². The van der Waals surface area contributed by atoms with Crippen LogP contribution in [0, 0.1) is 5.41 Å². The molecule has 0 aliphatic carbocycles. The number of carbonyl (C=O) groups is 1. The van der Waals surface area contributed by atoms with E-state index >= 15 is 0 Å². The smallest absolute Gasteiger partial charge is 0.313 e. The normalized spacial score (nSPS) is 14.3. The first-order valence-corrected chi connectivity index (χ1v) is 6.77. The second kappa shape index (κ2) is 5.61. The lowest BCUT2D eigenvalue weighted by atomic mass is 9.91. The average Bonchev–Trinajstić information content (AvgIpc) is 2.81. The summed E-state index contributed by atoms with van der Waals surface area (Å²) in [6.07, 6.45) is 3.59. The van der Waals surface area contributed by atoms with E-state index in [1.54, 1.807) is 0 Å². The molecule has 112 valence electrons. The third kappa shape index (κ3) is 3.25. The molecule has 2 rings (SSSR count). The van der Waals surface area contributed by atoms with Gasteiger partial charge in [-0.15, -0.1) is 0 Å². The largest absolute Gasteiger partial charge is 0.511 e. The zero-order valence-electron chi connectivity index (χ0n) is 12.1. The minimum absolute atomic E-state index is 0.104. The first-order chi connectivity index (χ1) is 9.81. The van der Waals surface area contributed by atoms with Crippen LogP contribution in [0.3, 0.4) is 0 Å². The van der Waals surface area contributed by atoms with Crippen LogP contribution in [0.5, 0.6) is 0 Å². The quantitative estimate of drug-likeness (QED) is 0.635. The number of hydrogen-bond acceptors (Lipinski definition) is 3. The van der Waals surface area contributed by atoms with Crippen LogP contribution in [0.15, 0.2) is 42.3 Å². The van der Waals surface area contributed by atoms with E-state index in [1.807, 2.05) is 30.5 Å². The fraction of sp³-hybridized carbons (Fsp3) is 0.312. The van der Waals surface area contributed by atoms with Crippen molar-refractivity contribution in [1.82, 2.24) is 4.98 Å². The van der Waals surface area contributed by atoms with Gasteiger partial charge < -0.3 is 20.9 Å². The molecule has 5 heteroatoms. The number of aromatic nitrogens is 1. The van der Waals surface area contributed by atoms with Crippen molar-refractivity contribution in [1.29, 1.82) is 0 Å². The van der Waals surface area contributed by atoms with E-state index in [9.17, 15) is 9.90 Å². The minimum atomic E-state index is -1.15. The van der Waals surface area contributed by atoms with Crippen LogP contribution in [0.2, 0.25) is 0 Å². The predicted octanol–water partition coefficient (Wildman–Crippen LogP) is 2.59. The Morgan fingerprint density at radius 2 is 2.05 bits per heavy atom. The highest BCUT2D eigenvalue weighted by Crippen LogP contribution is 2.23. The molecular weight excluding hydrogens is 268 g/mol. The maximum Gasteiger partial charge on any atom is 0.313 e. The van der Waals surface area contributed by atoms with E-state index in [1.165, 1.54) is 19.9 Å². The lowest BCUT2D eigenvalue weighted by Gasteiger charge is -2.17. The molecule has 1 aromatic heterocycles. The van der Waals surface area contributed by atoms with Gasteiger partial charge in [-0.05, 0) is 38.0 Å². The fourth-order valence-corrected chi connectivity index (χ4v) is 2.18. The number of carboxylic acids is 1. The van der Waals surface area contributed by atoms with Crippen LogP contribution in [-0.2, 0) is 11.2 Å². The molecular formula is C16H20N2O3. The standard InChI is InChI=1S/C16H20N2O3/c1-16(2,15(20)21)8-14(19)12(17)7-10-9-18-13-6-4-3-5-11(10)13/h3-6,8-9,12,18-19H,7,17H2,1-2H3,(H,20,21). The molecule has 0 radical (unpaired) electrons. The number of nitrogens with two attached hydrogens (primary N) is 1. The number of aliphatic hydroxyl groups is 1. The summed E-state index contributed by atoms with van der Waals surface area (Å²) in [5.41, 5.74) is 6.83. The molecule has 2 aromatic rings. The van der Waals surface area contributed by atoms with Gasteiger partial charge in [-0.3, -0.25) is 4.79 Å². The van der Waals surface area contributed by atoms with Gasteiger partial charge >= 0.3 is 5.97 Å². The Kier molecular flexibility index (Phi) is 4.04. The van der Waals surface area contributed by atoms with Crippen LogP contribution in [0.4, 0.5) is 0 Å². The number of carboxylic acid groups (broad SMARTS) is 1. The van der Waals surface area contributed by atoms with Crippen LogP contribution in [0.1, 0.15) is 19.4 Å². The monoisotopic (exact) mass is 288 g/mol. The van der Waals surface area contributed by atoms with Gasteiger partial charge in [0.05, 0.1) is 11.5 Å². The van der Waals surface area contributed by atoms with E-state index in [4.69, 9.17) is 10.8 Å². The van der Waals surface area contributed by atoms with Crippen molar-refractivity contribution in [3.63, 3.8) is 0 Å². The van der Waals surface area contributed by atoms with Gasteiger partial charge in [0.2, 0.25) is 0 Å². The molecule has 0 bridgehead atoms. The molecule has 0 fully saturated rings. The third-order valence-corrected chi connectivity index (χ3v) is 3.55. The molecule has 0 aliphatic rings. The second-order valence-electron chi connectivity index (χ2n) is 5.77. The summed E-state index contributed by atoms with van der Waals surface area (Å²) in [5.74, 6) is -1.11. The van der Waals surface area contributed by atoms with E-state index in [-0.39, 0.29) is 5.76 Å². The number of aromatic amines is 1. The molecule has 5 N–H and O–H groups in total. The summed E-state index contributed by atoms with van der Waals surface area (Å²) in [7, 11) is 0. The van der Waals surface area contributed by atoms with Crippen LogP contribution in [0.25, 0.3) is 10.9 Å². The van der Waals surface area contributed by atoms with Crippen molar-refractivity contribution in [3.05, 3.63) is 47.9 Å². The zero-order valence-corrected chi connectivity index (χ0v) is 12.1. The maximum atomic E-state index is 11.1. The Labute approximate surface area is 123 Å². The first-order valence-electron chi connectivity index (χ1n) is 6.77. The van der Waals surface area contributed by atoms with Crippen molar-refractivity contribution < 1.29 is 15.0 Å². The van der Waals surface area contributed by atoms with E-state index < -0.39 is 17.4 Å². The summed E-state index contributed by atoms with van der Waals surface area (Å²) < 4.78 is 0. The Morgan fingerprint density at radius 1 is 1.38 bits per heavy atom. The van der Waals surface area contributed by atoms with Crippen LogP contribution < -0.4 is 5.73 Å². The molecule has 21 heavy (non-hydrogen) atoms. The Bertz CT molecular complexity index is 686. The fourth-order valence-electron chi connectivity index (χ4n) is 2.18. The Morgan fingerprint density at radius 3 is 2.71 bits per heavy atom. The van der Waals surface area contributed by atoms with Crippen molar-refractivity contribution >= 4 is 16.9 Å². The number of aliphatic hydroxyl groups excluding tert-OH is 1. The molecule has 0 aliphatic heterocycles. The van der Waals surface area contributed by atoms with Crippen molar-refractivity contribution in [3.8, 4) is 0 Å². The lowest BCUT2D eigenvalue weighted by molar-refractivity contribution is -0.144. The molecule has 1 aromatic carbocycles. The molecule has 0 saturated carbocycles. The van der Waals surface area contributed by atoms with Gasteiger partial charge in [-0.1, -0.05) is 18.2 Å². The summed E-state index contributed by atoms with van der Waals surface area (Å²) in [5, 5.41) is 20.2. The van der Waals surface area contributed by atoms with Crippen LogP contribution in [-0.4, -0.2) is 27.2 Å². The van der Waals surface area contributed by atoms with Gasteiger partial charge in [0.15, 0.2) is 0 Å². The summed E-state index contributed by atoms with van der Waals surface area (Å²) in [6, 6.07) is 7.19. The zero-order chi connectivity index (χ0) is 15.6. The highest BCUT2D eigenvalue weighted by Gasteiger charge is 2.26. The van der Waals surface area contributed by atoms with Crippen molar-refractivity contribution in [2.45, 2.75) is 26.3 Å². The average molecular weight is 288 g/mol. The Hall–Kier alpha value is -2.27. The molecule has 1 atom stereocenters. The first kappa shape index (κ1) is 15.1. The van der Waals surface area contributed by atoms with Gasteiger partial charge in [0.1, 0.15) is 5.76 Å². The SMILES string of the molecule is CC(C)(C=C(O)C(N)Cc1c[nH]c2ccccc12)C(=O)O. The van der Waals surface area contributed by atoms with E-state index in [0.717, 1.165) is 16.5 Å². The van der Waals surface area contributed by atoms with Crippen molar-refractivity contribution in [2.75, 3.05) is 0 Å². The molecule has 0 spiro atoms. The van der Waals surface area contributed by atoms with Crippen molar-refractivity contribution in [2.24, 2.45) is 11.1 Å². The summed E-state index contributed by atoms with van der Waals surface area (Å²) >= 11 is 0. The minimum Gasteiger partial charge on any atom is -0.511 e. The molecule has 1 heterocycles. The number of nitrogens with one attached hydrogen (secondary N) is 1. The molecule has 1 unspecified atom stereocenters. The lowest BCUT2D eigenvalue weighted by Crippen LogP contribution is -2.29. The molecule has 0 saturated heterocycles. The Balaban J connectivity index is 2.20. The number of H-pyrrole nitrogens is 1. The third-order valence-electron chi connectivity index (χ3n) is 3.55. The summed E-state index contributed by atoms with van der Waals surface area (Å²) in [6.45, 7) is 3.04. The number of rotatable bonds is 5. The van der Waals surface area contributed by atoms with Gasteiger partial charge in [-0.25, -0.2) is 0 Å². The summed E-state index contributed by atoms with van der Waals surface area (Å²) in [4.78, 5) is 14.2. The van der Waals surface area contributed by atoms with E-state index in [2.05, 4.69) is 4.98 Å². The molecule has 0 amide bonds.